The highest BCUT2D eigenvalue weighted by Gasteiger charge is 2.19. The lowest BCUT2D eigenvalue weighted by atomic mass is 9.87. The molecule has 2 N–H and O–H groups in total. The molecule has 1 unspecified atom stereocenters. The fourth-order valence-corrected chi connectivity index (χ4v) is 2.11. The van der Waals surface area contributed by atoms with Crippen LogP contribution in [0.25, 0.3) is 0 Å². The Morgan fingerprint density at radius 1 is 1.60 bits per heavy atom. The van der Waals surface area contributed by atoms with E-state index in [1.54, 1.807) is 0 Å². The fraction of sp³-hybridized carbons (Fsp3) is 0.800. The molecule has 5 heteroatoms. The number of rotatable bonds is 6. The Hall–Kier alpha value is -0.520. The van der Waals surface area contributed by atoms with Gasteiger partial charge in [0.1, 0.15) is 0 Å². The van der Waals surface area contributed by atoms with Crippen molar-refractivity contribution in [3.63, 3.8) is 0 Å². The molecule has 0 aliphatic heterocycles. The van der Waals surface area contributed by atoms with E-state index in [2.05, 4.69) is 28.8 Å². The first-order valence-electron chi connectivity index (χ1n) is 5.14. The fourth-order valence-electron chi connectivity index (χ4n) is 1.66. The number of aromatic nitrogens is 2. The van der Waals surface area contributed by atoms with E-state index in [0.717, 1.165) is 25.2 Å². The summed E-state index contributed by atoms with van der Waals surface area (Å²) in [6.45, 7) is 7.74. The van der Waals surface area contributed by atoms with E-state index < -0.39 is 0 Å². The van der Waals surface area contributed by atoms with Gasteiger partial charge in [0.25, 0.3) is 0 Å². The Morgan fingerprint density at radius 3 is 2.87 bits per heavy atom. The number of nitrogens with zero attached hydrogens (tertiary/aromatic N) is 2. The van der Waals surface area contributed by atoms with Gasteiger partial charge in [0, 0.05) is 18.5 Å². The molecule has 1 aromatic heterocycles. The number of hydrogen-bond acceptors (Lipinski definition) is 5. The molecule has 0 fully saturated rings. The van der Waals surface area contributed by atoms with Crippen LogP contribution in [-0.4, -0.2) is 27.3 Å². The molecule has 0 spiro atoms. The topological polar surface area (TPSA) is 58.0 Å². The third-order valence-electron chi connectivity index (χ3n) is 2.16. The summed E-state index contributed by atoms with van der Waals surface area (Å²) in [7, 11) is 0. The molecule has 0 saturated heterocycles. The van der Waals surface area contributed by atoms with Crippen molar-refractivity contribution in [2.45, 2.75) is 39.8 Å². The van der Waals surface area contributed by atoms with Crippen molar-refractivity contribution >= 4 is 11.5 Å². The van der Waals surface area contributed by atoms with Gasteiger partial charge in [0.05, 0.1) is 11.8 Å². The van der Waals surface area contributed by atoms with E-state index in [4.69, 9.17) is 0 Å². The quantitative estimate of drug-likeness (QED) is 0.774. The zero-order valence-corrected chi connectivity index (χ0v) is 10.3. The van der Waals surface area contributed by atoms with Gasteiger partial charge in [-0.25, -0.2) is 0 Å². The summed E-state index contributed by atoms with van der Waals surface area (Å²) in [4.78, 5) is 0. The van der Waals surface area contributed by atoms with Gasteiger partial charge in [-0.1, -0.05) is 18.3 Å². The van der Waals surface area contributed by atoms with E-state index >= 15 is 0 Å². The average molecular weight is 229 g/mol. The van der Waals surface area contributed by atoms with Crippen molar-refractivity contribution in [3.05, 3.63) is 11.1 Å². The highest BCUT2D eigenvalue weighted by atomic mass is 32.1. The van der Waals surface area contributed by atoms with Crippen LogP contribution in [0, 0.1) is 5.41 Å². The third-order valence-corrected chi connectivity index (χ3v) is 2.72. The van der Waals surface area contributed by atoms with E-state index in [0.29, 0.717) is 0 Å². The van der Waals surface area contributed by atoms with Crippen LogP contribution in [0.2, 0.25) is 0 Å². The summed E-state index contributed by atoms with van der Waals surface area (Å²) in [5, 5.41) is 18.5. The predicted molar refractivity (Wildman–Crippen MR) is 61.7 cm³/mol. The molecule has 4 nitrogen and oxygen atoms in total. The van der Waals surface area contributed by atoms with Gasteiger partial charge in [-0.2, -0.15) is 0 Å². The van der Waals surface area contributed by atoms with E-state index in [1.165, 1.54) is 11.5 Å². The number of aliphatic hydroxyl groups is 1. The molecule has 0 aromatic carbocycles. The Labute approximate surface area is 94.9 Å². The van der Waals surface area contributed by atoms with Gasteiger partial charge in [0.15, 0.2) is 0 Å². The molecule has 0 bridgehead atoms. The number of nitrogens with one attached hydrogen (secondary N) is 1. The van der Waals surface area contributed by atoms with Crippen LogP contribution >= 0.6 is 11.5 Å². The van der Waals surface area contributed by atoms with Gasteiger partial charge >= 0.3 is 0 Å². The van der Waals surface area contributed by atoms with E-state index in [1.807, 2.05) is 12.3 Å². The van der Waals surface area contributed by atoms with Crippen LogP contribution in [0.1, 0.15) is 32.9 Å². The molecule has 86 valence electrons. The summed E-state index contributed by atoms with van der Waals surface area (Å²) in [5.74, 6) is 0. The first-order chi connectivity index (χ1) is 6.99. The summed E-state index contributed by atoms with van der Waals surface area (Å²) in [6.07, 6.45) is 0.553. The molecule has 0 amide bonds. The molecule has 1 heterocycles. The van der Waals surface area contributed by atoms with Crippen molar-refractivity contribution in [1.29, 1.82) is 0 Å². The minimum Gasteiger partial charge on any atom is -0.393 e. The first-order valence-corrected chi connectivity index (χ1v) is 5.98. The molecule has 0 aliphatic carbocycles. The number of aliphatic hydroxyl groups excluding tert-OH is 1. The van der Waals surface area contributed by atoms with Crippen LogP contribution in [0.15, 0.2) is 5.38 Å². The Bertz CT molecular complexity index is 272. The van der Waals surface area contributed by atoms with Crippen molar-refractivity contribution in [2.24, 2.45) is 5.41 Å². The second kappa shape index (κ2) is 5.53. The second-order valence-electron chi connectivity index (χ2n) is 4.72. The lowest BCUT2D eigenvalue weighted by Gasteiger charge is -2.26. The predicted octanol–water partition coefficient (Wildman–Crippen LogP) is 1.42. The molecular weight excluding hydrogens is 210 g/mol. The van der Waals surface area contributed by atoms with Crippen LogP contribution < -0.4 is 5.32 Å². The summed E-state index contributed by atoms with van der Waals surface area (Å²) >= 11 is 1.37. The van der Waals surface area contributed by atoms with Gasteiger partial charge in [-0.15, -0.1) is 5.10 Å². The maximum absolute atomic E-state index is 9.32. The normalized spacial score (nSPS) is 14.1. The molecular formula is C10H19N3OS. The van der Waals surface area contributed by atoms with Gasteiger partial charge < -0.3 is 10.4 Å². The lowest BCUT2D eigenvalue weighted by molar-refractivity contribution is 0.128. The molecule has 0 saturated carbocycles. The first kappa shape index (κ1) is 12.5. The number of hydrogen-bond donors (Lipinski definition) is 2. The van der Waals surface area contributed by atoms with Gasteiger partial charge in [0.2, 0.25) is 0 Å². The maximum Gasteiger partial charge on any atom is 0.0893 e. The summed E-state index contributed by atoms with van der Waals surface area (Å²) in [6, 6.07) is 0. The smallest absolute Gasteiger partial charge is 0.0893 e. The Balaban J connectivity index is 2.24. The van der Waals surface area contributed by atoms with Crippen LogP contribution in [0.4, 0.5) is 0 Å². The minimum absolute atomic E-state index is 0.109. The zero-order valence-electron chi connectivity index (χ0n) is 9.53. The zero-order chi connectivity index (χ0) is 11.3. The molecule has 1 atom stereocenters. The average Bonchev–Trinajstić information content (AvgIpc) is 2.53. The van der Waals surface area contributed by atoms with Crippen molar-refractivity contribution in [1.82, 2.24) is 14.9 Å². The summed E-state index contributed by atoms with van der Waals surface area (Å²) in [5.41, 5.74) is 1.09. The van der Waals surface area contributed by atoms with Crippen LogP contribution in [0.5, 0.6) is 0 Å². The van der Waals surface area contributed by atoms with Crippen LogP contribution in [-0.2, 0) is 6.54 Å². The van der Waals surface area contributed by atoms with Gasteiger partial charge in [-0.3, -0.25) is 0 Å². The van der Waals surface area contributed by atoms with E-state index in [-0.39, 0.29) is 11.5 Å². The molecule has 15 heavy (non-hydrogen) atoms. The van der Waals surface area contributed by atoms with Crippen molar-refractivity contribution in [3.8, 4) is 0 Å². The standard InChI is InChI=1S/C10H19N3OS/c1-8(14)4-10(2,3)7-11-5-9-6-15-13-12-9/h6,8,11,14H,4-5,7H2,1-3H3. The molecule has 0 radical (unpaired) electrons. The monoisotopic (exact) mass is 229 g/mol. The van der Waals surface area contributed by atoms with Crippen LogP contribution in [0.3, 0.4) is 0 Å². The van der Waals surface area contributed by atoms with Crippen molar-refractivity contribution < 1.29 is 5.11 Å². The molecule has 1 rings (SSSR count). The van der Waals surface area contributed by atoms with Crippen molar-refractivity contribution in [2.75, 3.05) is 6.54 Å². The van der Waals surface area contributed by atoms with E-state index in [9.17, 15) is 5.11 Å². The minimum atomic E-state index is -0.247. The Kier molecular flexibility index (Phi) is 4.63. The highest BCUT2D eigenvalue weighted by molar-refractivity contribution is 7.03. The Morgan fingerprint density at radius 2 is 2.33 bits per heavy atom. The molecule has 0 aliphatic rings. The molecule has 1 aromatic rings. The summed E-state index contributed by atoms with van der Waals surface area (Å²) < 4.78 is 3.80. The maximum atomic E-state index is 9.32. The SMILES string of the molecule is CC(O)CC(C)(C)CNCc1csnn1. The van der Waals surface area contributed by atoms with Gasteiger partial charge in [-0.05, 0) is 30.3 Å². The highest BCUT2D eigenvalue weighted by Crippen LogP contribution is 2.21. The largest absolute Gasteiger partial charge is 0.393 e. The third kappa shape index (κ3) is 5.20. The lowest BCUT2D eigenvalue weighted by Crippen LogP contribution is -2.31. The second-order valence-corrected chi connectivity index (χ2v) is 5.33.